The van der Waals surface area contributed by atoms with Crippen LogP contribution in [0, 0.1) is 0 Å². The van der Waals surface area contributed by atoms with Crippen molar-refractivity contribution >= 4 is 33.4 Å². The van der Waals surface area contributed by atoms with Gasteiger partial charge < -0.3 is 14.8 Å². The van der Waals surface area contributed by atoms with Crippen molar-refractivity contribution in [1.82, 2.24) is 0 Å². The Morgan fingerprint density at radius 1 is 1.00 bits per heavy atom. The molecule has 0 spiro atoms. The lowest BCUT2D eigenvalue weighted by molar-refractivity contribution is -0.135. The Labute approximate surface area is 148 Å². The maximum Gasteiger partial charge on any atom is 0.354 e. The van der Waals surface area contributed by atoms with Gasteiger partial charge in [-0.1, -0.05) is 15.9 Å². The van der Waals surface area contributed by atoms with Crippen molar-refractivity contribution in [3.63, 3.8) is 0 Å². The second-order valence-electron chi connectivity index (χ2n) is 4.77. The average molecular weight is 390 g/mol. The smallest absolute Gasteiger partial charge is 0.354 e. The molecule has 0 saturated carbocycles. The average Bonchev–Trinajstić information content (AvgIpc) is 2.61. The summed E-state index contributed by atoms with van der Waals surface area (Å²) in [6.45, 7) is 0. The van der Waals surface area contributed by atoms with Crippen LogP contribution in [-0.4, -0.2) is 26.0 Å². The zero-order chi connectivity index (χ0) is 17.5. The van der Waals surface area contributed by atoms with Gasteiger partial charge in [0.15, 0.2) is 5.78 Å². The van der Waals surface area contributed by atoms with Gasteiger partial charge in [-0.15, -0.1) is 0 Å². The van der Waals surface area contributed by atoms with Gasteiger partial charge in [0.2, 0.25) is 0 Å². The molecule has 124 valence electrons. The van der Waals surface area contributed by atoms with Gasteiger partial charge in [-0.3, -0.25) is 4.79 Å². The highest BCUT2D eigenvalue weighted by Gasteiger charge is 2.13. The van der Waals surface area contributed by atoms with Crippen LogP contribution < -0.4 is 10.1 Å². The molecule has 0 bridgehead atoms. The number of nitrogens with one attached hydrogen (secondary N) is 1. The van der Waals surface area contributed by atoms with Crippen LogP contribution in [0.3, 0.4) is 0 Å². The predicted octanol–water partition coefficient (Wildman–Crippen LogP) is 3.81. The third-order valence-electron chi connectivity index (χ3n) is 3.18. The van der Waals surface area contributed by atoms with E-state index in [1.165, 1.54) is 13.2 Å². The Hall–Kier alpha value is -2.60. The van der Waals surface area contributed by atoms with Gasteiger partial charge in [0.1, 0.15) is 11.4 Å². The summed E-state index contributed by atoms with van der Waals surface area (Å²) in [4.78, 5) is 24.2. The second kappa shape index (κ2) is 8.31. The summed E-state index contributed by atoms with van der Waals surface area (Å²) in [5.74, 6) is -0.240. The zero-order valence-electron chi connectivity index (χ0n) is 13.2. The molecular weight excluding hydrogens is 374 g/mol. The molecule has 0 aliphatic heterocycles. The van der Waals surface area contributed by atoms with Crippen molar-refractivity contribution < 1.29 is 19.1 Å². The largest absolute Gasteiger partial charge is 0.497 e. The summed E-state index contributed by atoms with van der Waals surface area (Å²) >= 11 is 3.31. The molecule has 0 amide bonds. The summed E-state index contributed by atoms with van der Waals surface area (Å²) in [7, 11) is 2.83. The highest BCUT2D eigenvalue weighted by Crippen LogP contribution is 2.18. The number of esters is 1. The highest BCUT2D eigenvalue weighted by molar-refractivity contribution is 9.10. The quantitative estimate of drug-likeness (QED) is 0.462. The molecule has 0 aliphatic carbocycles. The molecule has 0 saturated heterocycles. The van der Waals surface area contributed by atoms with E-state index in [2.05, 4.69) is 21.2 Å². The number of methoxy groups -OCH3 is 2. The summed E-state index contributed by atoms with van der Waals surface area (Å²) in [5.41, 5.74) is 1.16. The third kappa shape index (κ3) is 4.70. The fourth-order valence-electron chi connectivity index (χ4n) is 1.91. The molecule has 0 atom stereocenters. The summed E-state index contributed by atoms with van der Waals surface area (Å²) in [6.07, 6.45) is 1.22. The van der Waals surface area contributed by atoms with Gasteiger partial charge in [-0.2, -0.15) is 0 Å². The number of ether oxygens (including phenoxy) is 2. The number of benzene rings is 2. The molecule has 5 nitrogen and oxygen atoms in total. The van der Waals surface area contributed by atoms with E-state index in [1.54, 1.807) is 55.6 Å². The molecule has 2 aromatic rings. The molecular formula is C18H16BrNO4. The predicted molar refractivity (Wildman–Crippen MR) is 95.2 cm³/mol. The van der Waals surface area contributed by atoms with E-state index in [0.29, 0.717) is 17.0 Å². The fourth-order valence-corrected chi connectivity index (χ4v) is 2.18. The molecule has 0 aliphatic rings. The normalized spacial score (nSPS) is 10.9. The van der Waals surface area contributed by atoms with Crippen LogP contribution in [0.4, 0.5) is 5.69 Å². The Morgan fingerprint density at radius 3 is 2.17 bits per heavy atom. The Bertz CT molecular complexity index is 752. The van der Waals surface area contributed by atoms with E-state index in [4.69, 9.17) is 9.47 Å². The van der Waals surface area contributed by atoms with Crippen molar-refractivity contribution in [2.75, 3.05) is 19.5 Å². The molecule has 2 aromatic carbocycles. The minimum absolute atomic E-state index is 0.0515. The van der Waals surface area contributed by atoms with Crippen LogP contribution in [0.1, 0.15) is 10.4 Å². The van der Waals surface area contributed by atoms with Crippen molar-refractivity contribution in [3.8, 4) is 5.75 Å². The van der Waals surface area contributed by atoms with Gasteiger partial charge in [-0.25, -0.2) is 4.79 Å². The minimum atomic E-state index is -0.628. The second-order valence-corrected chi connectivity index (χ2v) is 5.69. The molecule has 0 aromatic heterocycles. The summed E-state index contributed by atoms with van der Waals surface area (Å²) in [5, 5.41) is 2.89. The van der Waals surface area contributed by atoms with Crippen molar-refractivity contribution in [2.45, 2.75) is 0 Å². The molecule has 6 heteroatoms. The zero-order valence-corrected chi connectivity index (χ0v) is 14.8. The van der Waals surface area contributed by atoms with E-state index in [0.717, 1.165) is 4.47 Å². The lowest BCUT2D eigenvalue weighted by atomic mass is 10.1. The van der Waals surface area contributed by atoms with Gasteiger partial charge in [0.05, 0.1) is 14.2 Å². The first-order valence-electron chi connectivity index (χ1n) is 7.04. The topological polar surface area (TPSA) is 64.6 Å². The molecule has 2 rings (SSSR count). The van der Waals surface area contributed by atoms with Crippen LogP contribution in [0.2, 0.25) is 0 Å². The minimum Gasteiger partial charge on any atom is -0.497 e. The highest BCUT2D eigenvalue weighted by atomic mass is 79.9. The number of rotatable bonds is 6. The van der Waals surface area contributed by atoms with Crippen molar-refractivity contribution in [2.24, 2.45) is 0 Å². The van der Waals surface area contributed by atoms with Gasteiger partial charge >= 0.3 is 5.97 Å². The maximum atomic E-state index is 12.3. The van der Waals surface area contributed by atoms with Gasteiger partial charge in [-0.05, 0) is 48.5 Å². The lowest BCUT2D eigenvalue weighted by Crippen LogP contribution is -2.15. The molecule has 24 heavy (non-hydrogen) atoms. The number of hydrogen-bond donors (Lipinski definition) is 1. The first kappa shape index (κ1) is 17.7. The van der Waals surface area contributed by atoms with Crippen LogP contribution >= 0.6 is 15.9 Å². The number of anilines is 1. The Kier molecular flexibility index (Phi) is 6.14. The first-order chi connectivity index (χ1) is 11.5. The van der Waals surface area contributed by atoms with E-state index < -0.39 is 5.97 Å². The first-order valence-corrected chi connectivity index (χ1v) is 7.84. The van der Waals surface area contributed by atoms with Crippen molar-refractivity contribution in [3.05, 3.63) is 70.3 Å². The van der Waals surface area contributed by atoms with Gasteiger partial charge in [0, 0.05) is 21.8 Å². The number of hydrogen-bond acceptors (Lipinski definition) is 5. The Balaban J connectivity index is 2.24. The Morgan fingerprint density at radius 2 is 1.62 bits per heavy atom. The summed E-state index contributed by atoms with van der Waals surface area (Å²) < 4.78 is 10.7. The fraction of sp³-hybridized carbons (Fsp3) is 0.111. The SMILES string of the molecule is COC(=O)/C(=C/C(=O)c1ccc(Br)cc1)Nc1ccc(OC)cc1. The number of ketones is 1. The van der Waals surface area contributed by atoms with E-state index in [-0.39, 0.29) is 11.5 Å². The molecule has 0 radical (unpaired) electrons. The van der Waals surface area contributed by atoms with Crippen LogP contribution in [0.15, 0.2) is 64.8 Å². The number of allylic oxidation sites excluding steroid dienone is 1. The molecule has 1 N–H and O–H groups in total. The molecule has 0 fully saturated rings. The molecule has 0 unspecified atom stereocenters. The maximum absolute atomic E-state index is 12.3. The monoisotopic (exact) mass is 389 g/mol. The van der Waals surface area contributed by atoms with Crippen LogP contribution in [-0.2, 0) is 9.53 Å². The summed E-state index contributed by atoms with van der Waals surface area (Å²) in [6, 6.07) is 13.8. The van der Waals surface area contributed by atoms with E-state index in [1.807, 2.05) is 0 Å². The number of halogens is 1. The van der Waals surface area contributed by atoms with E-state index >= 15 is 0 Å². The van der Waals surface area contributed by atoms with Crippen molar-refractivity contribution in [1.29, 1.82) is 0 Å². The number of carbonyl (C=O) groups excluding carboxylic acids is 2. The number of carbonyl (C=O) groups is 2. The van der Waals surface area contributed by atoms with Crippen LogP contribution in [0.25, 0.3) is 0 Å². The van der Waals surface area contributed by atoms with Crippen LogP contribution in [0.5, 0.6) is 5.75 Å². The van der Waals surface area contributed by atoms with E-state index in [9.17, 15) is 9.59 Å². The van der Waals surface area contributed by atoms with Gasteiger partial charge in [0.25, 0.3) is 0 Å². The molecule has 0 heterocycles. The standard InChI is InChI=1S/C18H16BrNO4/c1-23-15-9-7-14(8-10-15)20-16(18(22)24-2)11-17(21)12-3-5-13(19)6-4-12/h3-11,20H,1-2H3/b16-11-. The third-order valence-corrected chi connectivity index (χ3v) is 3.71. The lowest BCUT2D eigenvalue weighted by Gasteiger charge is -2.10.